The molecule has 0 bridgehead atoms. The van der Waals surface area contributed by atoms with Gasteiger partial charge in [0.1, 0.15) is 23.3 Å². The van der Waals surface area contributed by atoms with Gasteiger partial charge < -0.3 is 18.3 Å². The van der Waals surface area contributed by atoms with Gasteiger partial charge in [-0.05, 0) is 104 Å². The molecule has 0 aliphatic rings. The molecule has 104 heavy (non-hydrogen) atoms. The predicted octanol–water partition coefficient (Wildman–Crippen LogP) is 26.4. The van der Waals surface area contributed by atoms with E-state index in [2.05, 4.69) is 358 Å². The SMILES string of the molecule is N#Cc1c(-n2c3ccccc3c3ccccc32)c(-n2c3cccc(-c4ccccc4-c4ccccc4)c3c3ccc4c5ccccc5sc4c32)c(C#N)c(-n2c3ccccc3c3ccccc32)c1-n1c2cc(-c3ccccc3-c3cccc4ccccc34)ccc2c2ccc3c4ccccc4sc3c21. The average molecular weight is 1360 g/mol. The van der Waals surface area contributed by atoms with Gasteiger partial charge in [-0.3, -0.25) is 0 Å². The summed E-state index contributed by atoms with van der Waals surface area (Å²) < 4.78 is 13.9. The summed E-state index contributed by atoms with van der Waals surface area (Å²) in [6.45, 7) is 0. The minimum Gasteiger partial charge on any atom is -0.306 e. The van der Waals surface area contributed by atoms with Crippen LogP contribution in [0, 0.1) is 22.7 Å². The molecule has 6 aromatic heterocycles. The van der Waals surface area contributed by atoms with Crippen LogP contribution in [0.4, 0.5) is 0 Å². The fourth-order valence-corrected chi connectivity index (χ4v) is 20.1. The number of thiophene rings is 2. The minimum absolute atomic E-state index is 0.393. The van der Waals surface area contributed by atoms with Gasteiger partial charge in [0.2, 0.25) is 0 Å². The van der Waals surface area contributed by atoms with Crippen LogP contribution in [0.2, 0.25) is 0 Å². The second kappa shape index (κ2) is 22.5. The van der Waals surface area contributed by atoms with Gasteiger partial charge in [-0.1, -0.05) is 279 Å². The standard InChI is InChI=1S/C96H54N6S2/c97-55-78-90(100-82-43-18-12-35-68(82)69-36-13-19-44-83(69)100)92(102-85-54-59(62-30-7-8-31-63(62)64-39-22-27-58-26-4-5-28-60(58)64)48-49-70(85)74-50-51-75-71-37-14-20-46-86(71)103-95(75)93(74)102)79(56-98)89(99-80-41-16-10-33-66(80)67-34-11-17-42-81(67)99)91(78)101-84-45-23-40-73(65-32-9-6-29-61(65)57-24-2-1-3-25-57)88(84)77-53-52-76-72-38-15-21-47-87(72)104-96(76)94(77)101/h1-54H. The minimum atomic E-state index is 0.393. The van der Waals surface area contributed by atoms with E-state index in [1.165, 1.54) is 10.8 Å². The molecular formula is C96H54N6S2. The summed E-state index contributed by atoms with van der Waals surface area (Å²) in [5.74, 6) is 0. The van der Waals surface area contributed by atoms with Gasteiger partial charge >= 0.3 is 0 Å². The maximum atomic E-state index is 13.7. The van der Waals surface area contributed by atoms with E-state index in [0.29, 0.717) is 33.9 Å². The van der Waals surface area contributed by atoms with Crippen LogP contribution < -0.4 is 0 Å². The third kappa shape index (κ3) is 8.12. The van der Waals surface area contributed by atoms with Gasteiger partial charge in [0.05, 0.1) is 76.3 Å². The first-order valence-corrected chi connectivity index (χ1v) is 36.7. The second-order valence-corrected chi connectivity index (χ2v) is 29.2. The molecule has 8 heteroatoms. The summed E-state index contributed by atoms with van der Waals surface area (Å²) in [7, 11) is 0. The monoisotopic (exact) mass is 1350 g/mol. The first-order valence-electron chi connectivity index (χ1n) is 35.1. The first-order chi connectivity index (χ1) is 51.6. The van der Waals surface area contributed by atoms with Crippen LogP contribution in [-0.2, 0) is 0 Å². The number of para-hydroxylation sites is 4. The van der Waals surface area contributed by atoms with E-state index < -0.39 is 0 Å². The van der Waals surface area contributed by atoms with Crippen molar-refractivity contribution in [2.45, 2.75) is 0 Å². The van der Waals surface area contributed by atoms with Gasteiger partial charge in [-0.15, -0.1) is 22.7 Å². The summed E-state index contributed by atoms with van der Waals surface area (Å²) >= 11 is 3.55. The van der Waals surface area contributed by atoms with Crippen molar-refractivity contribution in [1.29, 1.82) is 10.5 Å². The fraction of sp³-hybridized carbons (Fsp3) is 0. The molecule has 0 spiro atoms. The Balaban J connectivity index is 1.00. The molecule has 0 amide bonds. The molecule has 0 N–H and O–H groups in total. The van der Waals surface area contributed by atoms with Crippen molar-refractivity contribution in [3.8, 4) is 79.4 Å². The van der Waals surface area contributed by atoms with Gasteiger partial charge in [0.15, 0.2) is 0 Å². The Bertz CT molecular complexity index is 7470. The molecular weight excluding hydrogens is 1300 g/mol. The van der Waals surface area contributed by atoms with E-state index in [1.807, 2.05) is 0 Å². The first kappa shape index (κ1) is 58.2. The zero-order chi connectivity index (χ0) is 68.4. The highest BCUT2D eigenvalue weighted by atomic mass is 32.1. The lowest BCUT2D eigenvalue weighted by molar-refractivity contribution is 1.03. The van der Waals surface area contributed by atoms with Crippen molar-refractivity contribution in [2.75, 3.05) is 0 Å². The number of aromatic nitrogens is 4. The summed E-state index contributed by atoms with van der Waals surface area (Å²) in [4.78, 5) is 0. The van der Waals surface area contributed by atoms with E-state index in [9.17, 15) is 10.5 Å². The maximum Gasteiger partial charge on any atom is 0.104 e. The highest BCUT2D eigenvalue weighted by Crippen LogP contribution is 2.54. The topological polar surface area (TPSA) is 67.3 Å². The van der Waals surface area contributed by atoms with Crippen molar-refractivity contribution >= 4 is 161 Å². The number of benzene rings is 16. The summed E-state index contributed by atoms with van der Waals surface area (Å²) in [5, 5.41) is 42.4. The molecule has 22 aromatic rings. The number of nitriles is 2. The average Bonchev–Trinajstić information content (AvgIpc) is 1.53. The Morgan fingerprint density at radius 3 is 1.16 bits per heavy atom. The molecule has 0 radical (unpaired) electrons. The smallest absolute Gasteiger partial charge is 0.104 e. The lowest BCUT2D eigenvalue weighted by Crippen LogP contribution is -2.16. The molecule has 6 nitrogen and oxygen atoms in total. The van der Waals surface area contributed by atoms with E-state index >= 15 is 0 Å². The fourth-order valence-electron chi connectivity index (χ4n) is 17.6. The zero-order valence-corrected chi connectivity index (χ0v) is 57.3. The normalized spacial score (nSPS) is 12.0. The molecule has 0 aliphatic carbocycles. The van der Waals surface area contributed by atoms with E-state index in [4.69, 9.17) is 0 Å². The summed E-state index contributed by atoms with van der Waals surface area (Å²) in [6, 6.07) is 124. The van der Waals surface area contributed by atoms with Crippen LogP contribution in [0.3, 0.4) is 0 Å². The number of rotatable bonds is 8. The van der Waals surface area contributed by atoms with Crippen molar-refractivity contribution in [1.82, 2.24) is 18.3 Å². The Hall–Kier alpha value is -13.6. The van der Waals surface area contributed by atoms with E-state index in [-0.39, 0.29) is 0 Å². The molecule has 0 atom stereocenters. The van der Waals surface area contributed by atoms with Crippen LogP contribution >= 0.6 is 22.7 Å². The Labute approximate surface area is 603 Å². The van der Waals surface area contributed by atoms with Gasteiger partial charge in [0.25, 0.3) is 0 Å². The van der Waals surface area contributed by atoms with E-state index in [1.54, 1.807) is 22.7 Å². The Kier molecular flexibility index (Phi) is 12.6. The van der Waals surface area contributed by atoms with Crippen molar-refractivity contribution in [2.24, 2.45) is 0 Å². The predicted molar refractivity (Wildman–Crippen MR) is 438 cm³/mol. The van der Waals surface area contributed by atoms with E-state index in [0.717, 1.165) is 172 Å². The van der Waals surface area contributed by atoms with Crippen molar-refractivity contribution < 1.29 is 0 Å². The number of fused-ring (bicyclic) bond motifs is 21. The zero-order valence-electron chi connectivity index (χ0n) is 55.7. The van der Waals surface area contributed by atoms with Crippen molar-refractivity contribution in [3.63, 3.8) is 0 Å². The lowest BCUT2D eigenvalue weighted by atomic mass is 9.91. The van der Waals surface area contributed by atoms with Gasteiger partial charge in [0, 0.05) is 74.0 Å². The number of hydrogen-bond donors (Lipinski definition) is 0. The highest BCUT2D eigenvalue weighted by molar-refractivity contribution is 7.27. The number of hydrogen-bond acceptors (Lipinski definition) is 4. The maximum absolute atomic E-state index is 13.7. The van der Waals surface area contributed by atoms with Crippen LogP contribution in [0.5, 0.6) is 0 Å². The largest absolute Gasteiger partial charge is 0.306 e. The van der Waals surface area contributed by atoms with Crippen LogP contribution in [0.25, 0.3) is 206 Å². The molecule has 0 fully saturated rings. The third-order valence-electron chi connectivity index (χ3n) is 21.9. The molecule has 0 saturated heterocycles. The Morgan fingerprint density at radius 1 is 0.231 bits per heavy atom. The van der Waals surface area contributed by atoms with Gasteiger partial charge in [-0.25, -0.2) is 0 Å². The third-order valence-corrected chi connectivity index (χ3v) is 24.3. The molecule has 16 aromatic carbocycles. The number of nitrogens with zero attached hydrogens (tertiary/aromatic N) is 6. The van der Waals surface area contributed by atoms with Crippen molar-refractivity contribution in [3.05, 3.63) is 339 Å². The molecule has 6 heterocycles. The molecule has 480 valence electrons. The lowest BCUT2D eigenvalue weighted by Gasteiger charge is -2.27. The van der Waals surface area contributed by atoms with Crippen LogP contribution in [-0.4, -0.2) is 18.3 Å². The molecule has 0 unspecified atom stereocenters. The molecule has 0 aliphatic heterocycles. The van der Waals surface area contributed by atoms with Gasteiger partial charge in [-0.2, -0.15) is 10.5 Å². The Morgan fingerprint density at radius 2 is 0.596 bits per heavy atom. The highest BCUT2D eigenvalue weighted by Gasteiger charge is 2.36. The molecule has 22 rings (SSSR count). The molecule has 0 saturated carbocycles. The van der Waals surface area contributed by atoms with Crippen LogP contribution in [0.15, 0.2) is 328 Å². The second-order valence-electron chi connectivity index (χ2n) is 27.1. The van der Waals surface area contributed by atoms with Crippen LogP contribution in [0.1, 0.15) is 11.1 Å². The summed E-state index contributed by atoms with van der Waals surface area (Å²) in [6.07, 6.45) is 0. The summed E-state index contributed by atoms with van der Waals surface area (Å²) in [5.41, 5.74) is 19.1. The quantitative estimate of drug-likeness (QED) is 0.152.